The lowest BCUT2D eigenvalue weighted by Crippen LogP contribution is -2.54. The first-order valence-corrected chi connectivity index (χ1v) is 7.08. The van der Waals surface area contributed by atoms with E-state index in [9.17, 15) is 18.9 Å². The molecule has 2 aliphatic heterocycles. The van der Waals surface area contributed by atoms with Crippen molar-refractivity contribution >= 4 is 11.7 Å². The van der Waals surface area contributed by atoms with Gasteiger partial charge >= 0.3 is 0 Å². The first-order chi connectivity index (χ1) is 11.0. The van der Waals surface area contributed by atoms with Gasteiger partial charge in [-0.25, -0.2) is 13.8 Å². The molecule has 0 amide bonds. The van der Waals surface area contributed by atoms with Crippen LogP contribution in [0.4, 0.5) is 14.5 Å². The highest BCUT2D eigenvalue weighted by molar-refractivity contribution is 5.73. The van der Waals surface area contributed by atoms with Crippen molar-refractivity contribution in [3.8, 4) is 0 Å². The third-order valence-electron chi connectivity index (χ3n) is 4.32. The van der Waals surface area contributed by atoms with Gasteiger partial charge in [-0.05, 0) is 6.07 Å². The molecule has 0 radical (unpaired) electrons. The Bertz CT molecular complexity index is 669. The molecule has 23 heavy (non-hydrogen) atoms. The van der Waals surface area contributed by atoms with Gasteiger partial charge in [-0.1, -0.05) is 0 Å². The number of benzene rings is 1. The number of non-ortho nitro benzene ring substituents is 1. The molecule has 0 aliphatic carbocycles. The number of nitrogens with zero attached hydrogens (tertiary/aromatic N) is 2. The number of amidine groups is 1. The van der Waals surface area contributed by atoms with Crippen LogP contribution in [0.25, 0.3) is 0 Å². The maximum Gasteiger partial charge on any atom is 0.283 e. The second-order valence-corrected chi connectivity index (χ2v) is 5.56. The van der Waals surface area contributed by atoms with Crippen molar-refractivity contribution in [2.45, 2.75) is 18.1 Å². The molecular weight excluding hydrogens is 312 g/mol. The number of hydrogen-bond acceptors (Lipinski definition) is 6. The van der Waals surface area contributed by atoms with E-state index in [0.717, 1.165) is 18.2 Å². The third-order valence-corrected chi connectivity index (χ3v) is 4.32. The molecule has 9 heteroatoms. The molecule has 2 heterocycles. The molecule has 0 spiro atoms. The van der Waals surface area contributed by atoms with Gasteiger partial charge in [-0.3, -0.25) is 10.1 Å². The van der Waals surface area contributed by atoms with Gasteiger partial charge in [0.1, 0.15) is 24.1 Å². The average Bonchev–Trinajstić information content (AvgIpc) is 2.54. The molecule has 2 aliphatic rings. The Hall–Kier alpha value is -2.29. The molecule has 0 unspecified atom stereocenters. The lowest BCUT2D eigenvalue weighted by Gasteiger charge is -2.45. The molecule has 3 rings (SSSR count). The van der Waals surface area contributed by atoms with E-state index in [1.807, 2.05) is 0 Å². The van der Waals surface area contributed by atoms with Gasteiger partial charge in [-0.15, -0.1) is 0 Å². The molecule has 0 aromatic heterocycles. The summed E-state index contributed by atoms with van der Waals surface area (Å²) >= 11 is 0. The van der Waals surface area contributed by atoms with E-state index < -0.39 is 35.0 Å². The van der Waals surface area contributed by atoms with Crippen LogP contribution in [0.5, 0.6) is 0 Å². The van der Waals surface area contributed by atoms with Crippen molar-refractivity contribution < 1.29 is 23.2 Å². The Morgan fingerprint density at radius 1 is 1.52 bits per heavy atom. The van der Waals surface area contributed by atoms with E-state index in [2.05, 4.69) is 4.99 Å². The predicted octanol–water partition coefficient (Wildman–Crippen LogP) is 1.65. The SMILES string of the molecule is NC1=N[C@](CF)(c2cc([N+](=O)[O-])ccc2F)[C@H]2COCC[C@H]2O1. The largest absolute Gasteiger partial charge is 0.462 e. The predicted molar refractivity (Wildman–Crippen MR) is 76.1 cm³/mol. The highest BCUT2D eigenvalue weighted by Crippen LogP contribution is 2.44. The minimum atomic E-state index is -1.69. The fourth-order valence-corrected chi connectivity index (χ4v) is 3.19. The van der Waals surface area contributed by atoms with E-state index in [1.54, 1.807) is 0 Å². The summed E-state index contributed by atoms with van der Waals surface area (Å²) in [7, 11) is 0. The number of nitrogens with two attached hydrogens (primary N) is 1. The van der Waals surface area contributed by atoms with Crippen molar-refractivity contribution in [3.63, 3.8) is 0 Å². The minimum Gasteiger partial charge on any atom is -0.462 e. The lowest BCUT2D eigenvalue weighted by atomic mass is 9.74. The number of rotatable bonds is 3. The molecule has 124 valence electrons. The van der Waals surface area contributed by atoms with Gasteiger partial charge < -0.3 is 15.2 Å². The van der Waals surface area contributed by atoms with Crippen molar-refractivity contribution in [2.24, 2.45) is 16.6 Å². The maximum absolute atomic E-state index is 14.4. The van der Waals surface area contributed by atoms with Crippen LogP contribution in [0.15, 0.2) is 23.2 Å². The zero-order valence-electron chi connectivity index (χ0n) is 12.1. The summed E-state index contributed by atoms with van der Waals surface area (Å²) in [5.41, 5.74) is 3.40. The van der Waals surface area contributed by atoms with Crippen LogP contribution in [-0.2, 0) is 15.0 Å². The molecule has 0 bridgehead atoms. The Morgan fingerprint density at radius 2 is 2.30 bits per heavy atom. The van der Waals surface area contributed by atoms with E-state index >= 15 is 0 Å². The summed E-state index contributed by atoms with van der Waals surface area (Å²) in [4.78, 5) is 14.3. The number of alkyl halides is 1. The lowest BCUT2D eigenvalue weighted by molar-refractivity contribution is -0.385. The average molecular weight is 327 g/mol. The van der Waals surface area contributed by atoms with Crippen LogP contribution in [-0.4, -0.2) is 36.9 Å². The third kappa shape index (κ3) is 2.50. The topological polar surface area (TPSA) is 100.0 Å². The molecule has 7 nitrogen and oxygen atoms in total. The van der Waals surface area contributed by atoms with Gasteiger partial charge in [-0.2, -0.15) is 0 Å². The van der Waals surface area contributed by atoms with Gasteiger partial charge in [0.2, 0.25) is 0 Å². The number of aliphatic imine (C=N–C) groups is 1. The summed E-state index contributed by atoms with van der Waals surface area (Å²) in [5.74, 6) is -1.40. The highest BCUT2D eigenvalue weighted by Gasteiger charge is 2.52. The molecule has 1 aromatic carbocycles. The first-order valence-electron chi connectivity index (χ1n) is 7.08. The maximum atomic E-state index is 14.4. The van der Waals surface area contributed by atoms with Crippen LogP contribution in [0.2, 0.25) is 0 Å². The first kappa shape index (κ1) is 15.6. The van der Waals surface area contributed by atoms with Crippen LogP contribution >= 0.6 is 0 Å². The Kier molecular flexibility index (Phi) is 3.88. The summed E-state index contributed by atoms with van der Waals surface area (Å²) in [6.07, 6.45) is -0.0187. The Labute approximate surface area is 130 Å². The van der Waals surface area contributed by atoms with E-state index in [-0.39, 0.29) is 23.9 Å². The number of nitro benzene ring substituents is 1. The van der Waals surface area contributed by atoms with E-state index in [0.29, 0.717) is 13.0 Å². The monoisotopic (exact) mass is 327 g/mol. The van der Waals surface area contributed by atoms with Crippen molar-refractivity contribution in [1.82, 2.24) is 0 Å². The molecule has 1 aromatic rings. The second-order valence-electron chi connectivity index (χ2n) is 5.56. The zero-order chi connectivity index (χ0) is 16.6. The van der Waals surface area contributed by atoms with Crippen molar-refractivity contribution in [2.75, 3.05) is 19.9 Å². The summed E-state index contributed by atoms with van der Waals surface area (Å²) in [6, 6.07) is 2.70. The second kappa shape index (κ2) is 5.73. The van der Waals surface area contributed by atoms with Gasteiger partial charge in [0.05, 0.1) is 24.1 Å². The Balaban J connectivity index is 2.18. The molecule has 2 N–H and O–H groups in total. The molecular formula is C14H15F2N3O4. The standard InChI is InChI=1S/C14H15F2N3O4/c15-7-14(9-5-8(19(20)21)1-2-11(9)16)10-6-22-4-3-12(10)23-13(17)18-14/h1-2,5,10,12H,3-4,6-7H2,(H2,17,18)/t10-,12+,14+/m0/s1. The molecule has 0 saturated carbocycles. The number of hydrogen-bond donors (Lipinski definition) is 1. The number of fused-ring (bicyclic) bond motifs is 1. The van der Waals surface area contributed by atoms with Crippen LogP contribution in [0.1, 0.15) is 12.0 Å². The van der Waals surface area contributed by atoms with E-state index in [4.69, 9.17) is 15.2 Å². The molecule has 3 atom stereocenters. The number of halogens is 2. The summed E-state index contributed by atoms with van der Waals surface area (Å²) in [5, 5.41) is 11.0. The number of ether oxygens (including phenoxy) is 2. The summed E-state index contributed by atoms with van der Waals surface area (Å²) in [6.45, 7) is -0.554. The quantitative estimate of drug-likeness (QED) is 0.672. The van der Waals surface area contributed by atoms with Gasteiger partial charge in [0.15, 0.2) is 0 Å². The minimum absolute atomic E-state index is 0.105. The van der Waals surface area contributed by atoms with Gasteiger partial charge in [0, 0.05) is 24.1 Å². The van der Waals surface area contributed by atoms with Crippen LogP contribution in [0.3, 0.4) is 0 Å². The van der Waals surface area contributed by atoms with Crippen molar-refractivity contribution in [1.29, 1.82) is 0 Å². The molecule has 1 fully saturated rings. The van der Waals surface area contributed by atoms with Crippen LogP contribution in [0, 0.1) is 21.8 Å². The number of nitro groups is 1. The Morgan fingerprint density at radius 3 is 3.00 bits per heavy atom. The molecule has 1 saturated heterocycles. The normalized spacial score (nSPS) is 30.1. The fourth-order valence-electron chi connectivity index (χ4n) is 3.19. The fraction of sp³-hybridized carbons (Fsp3) is 0.500. The zero-order valence-corrected chi connectivity index (χ0v) is 12.1. The van der Waals surface area contributed by atoms with E-state index in [1.165, 1.54) is 0 Å². The smallest absolute Gasteiger partial charge is 0.283 e. The van der Waals surface area contributed by atoms with Crippen molar-refractivity contribution in [3.05, 3.63) is 39.7 Å². The van der Waals surface area contributed by atoms with Gasteiger partial charge in [0.25, 0.3) is 11.7 Å². The summed E-state index contributed by atoms with van der Waals surface area (Å²) < 4.78 is 39.2. The highest BCUT2D eigenvalue weighted by atomic mass is 19.1. The van der Waals surface area contributed by atoms with Crippen LogP contribution < -0.4 is 5.73 Å².